The Labute approximate surface area is 101 Å². The lowest BCUT2D eigenvalue weighted by Gasteiger charge is -2.28. The highest BCUT2D eigenvalue weighted by molar-refractivity contribution is 7.99. The van der Waals surface area contributed by atoms with E-state index in [2.05, 4.69) is 0 Å². The fraction of sp³-hybridized carbons (Fsp3) is 0.400. The zero-order valence-electron chi connectivity index (χ0n) is 8.58. The Morgan fingerprint density at radius 2 is 2.31 bits per heavy atom. The number of rotatable bonds is 2. The van der Waals surface area contributed by atoms with Gasteiger partial charge < -0.3 is 14.8 Å². The van der Waals surface area contributed by atoms with E-state index >= 15 is 0 Å². The minimum absolute atomic E-state index is 0.180. The van der Waals surface area contributed by atoms with E-state index in [4.69, 9.17) is 0 Å². The lowest BCUT2D eigenvalue weighted by molar-refractivity contribution is -0.310. The summed E-state index contributed by atoms with van der Waals surface area (Å²) in [4.78, 5) is 24.8. The third-order valence-electron chi connectivity index (χ3n) is 2.42. The molecule has 2 rings (SSSR count). The molecule has 1 saturated heterocycles. The SMILES string of the molecule is CC(=O)N1[C@@H](C(=O)[O-])CS[C@H]1c1cccs1. The third kappa shape index (κ3) is 1.94. The van der Waals surface area contributed by atoms with Crippen molar-refractivity contribution < 1.29 is 14.7 Å². The number of hydrogen-bond acceptors (Lipinski definition) is 5. The Bertz CT molecular complexity index is 404. The summed E-state index contributed by atoms with van der Waals surface area (Å²) in [7, 11) is 0. The van der Waals surface area contributed by atoms with Gasteiger partial charge in [0.2, 0.25) is 5.91 Å². The van der Waals surface area contributed by atoms with E-state index in [0.29, 0.717) is 5.75 Å². The number of thiophene rings is 1. The maximum Gasteiger partial charge on any atom is 0.221 e. The highest BCUT2D eigenvalue weighted by Gasteiger charge is 2.37. The van der Waals surface area contributed by atoms with Crippen LogP contribution >= 0.6 is 23.1 Å². The highest BCUT2D eigenvalue weighted by atomic mass is 32.2. The van der Waals surface area contributed by atoms with Gasteiger partial charge in [-0.15, -0.1) is 23.1 Å². The monoisotopic (exact) mass is 256 g/mol. The van der Waals surface area contributed by atoms with Crippen molar-refractivity contribution in [3.8, 4) is 0 Å². The van der Waals surface area contributed by atoms with Gasteiger partial charge in [0.05, 0.1) is 12.0 Å². The summed E-state index contributed by atoms with van der Waals surface area (Å²) in [5, 5.41) is 12.7. The van der Waals surface area contributed by atoms with Crippen LogP contribution in [0.5, 0.6) is 0 Å². The molecule has 1 aromatic rings. The van der Waals surface area contributed by atoms with Crippen molar-refractivity contribution in [2.45, 2.75) is 18.3 Å². The topological polar surface area (TPSA) is 60.4 Å². The minimum Gasteiger partial charge on any atom is -0.548 e. The molecule has 1 aromatic heterocycles. The molecule has 86 valence electrons. The maximum absolute atomic E-state index is 11.5. The molecule has 2 atom stereocenters. The fourth-order valence-corrected chi connectivity index (χ4v) is 4.16. The Morgan fingerprint density at radius 3 is 2.81 bits per heavy atom. The van der Waals surface area contributed by atoms with E-state index in [1.165, 1.54) is 34.9 Å². The summed E-state index contributed by atoms with van der Waals surface area (Å²) in [6.07, 6.45) is 0. The van der Waals surface area contributed by atoms with E-state index in [-0.39, 0.29) is 11.3 Å². The van der Waals surface area contributed by atoms with Crippen molar-refractivity contribution in [2.24, 2.45) is 0 Å². The van der Waals surface area contributed by atoms with Crippen LogP contribution in [-0.2, 0) is 9.59 Å². The van der Waals surface area contributed by atoms with Crippen molar-refractivity contribution in [1.82, 2.24) is 4.90 Å². The lowest BCUT2D eigenvalue weighted by Crippen LogP contribution is -2.48. The first-order chi connectivity index (χ1) is 7.61. The number of carbonyl (C=O) groups is 2. The second-order valence-corrected chi connectivity index (χ2v) is 5.55. The van der Waals surface area contributed by atoms with Crippen LogP contribution in [0.15, 0.2) is 17.5 Å². The third-order valence-corrected chi connectivity index (χ3v) is 4.80. The summed E-state index contributed by atoms with van der Waals surface area (Å²) < 4.78 is 0. The normalized spacial score (nSPS) is 24.7. The van der Waals surface area contributed by atoms with Crippen LogP contribution < -0.4 is 5.11 Å². The van der Waals surface area contributed by atoms with Crippen LogP contribution in [0.2, 0.25) is 0 Å². The van der Waals surface area contributed by atoms with E-state index in [1.54, 1.807) is 0 Å². The van der Waals surface area contributed by atoms with Gasteiger partial charge in [0.25, 0.3) is 0 Å². The molecule has 1 fully saturated rings. The van der Waals surface area contributed by atoms with E-state index in [9.17, 15) is 14.7 Å². The van der Waals surface area contributed by atoms with Crippen LogP contribution in [0.25, 0.3) is 0 Å². The smallest absolute Gasteiger partial charge is 0.221 e. The lowest BCUT2D eigenvalue weighted by atomic mass is 10.2. The molecule has 0 saturated carbocycles. The van der Waals surface area contributed by atoms with Gasteiger partial charge in [-0.1, -0.05) is 6.07 Å². The van der Waals surface area contributed by atoms with Crippen molar-refractivity contribution in [2.75, 3.05) is 5.75 Å². The first kappa shape index (κ1) is 11.5. The Morgan fingerprint density at radius 1 is 1.56 bits per heavy atom. The van der Waals surface area contributed by atoms with Gasteiger partial charge in [-0.25, -0.2) is 0 Å². The van der Waals surface area contributed by atoms with E-state index in [0.717, 1.165) is 4.88 Å². The molecule has 0 spiro atoms. The second kappa shape index (κ2) is 4.47. The first-order valence-corrected chi connectivity index (χ1v) is 6.69. The van der Waals surface area contributed by atoms with Crippen LogP contribution in [0.1, 0.15) is 17.2 Å². The molecule has 1 amide bonds. The number of carboxylic acid groups (broad SMARTS) is 1. The summed E-state index contributed by atoms with van der Waals surface area (Å²) in [5.74, 6) is -1.01. The van der Waals surface area contributed by atoms with Crippen molar-refractivity contribution in [3.05, 3.63) is 22.4 Å². The average molecular weight is 256 g/mol. The van der Waals surface area contributed by atoms with Crippen LogP contribution in [0, 0.1) is 0 Å². The number of nitrogens with zero attached hydrogens (tertiary/aromatic N) is 1. The van der Waals surface area contributed by atoms with Gasteiger partial charge in [-0.05, 0) is 11.4 Å². The van der Waals surface area contributed by atoms with Gasteiger partial charge in [0.1, 0.15) is 5.37 Å². The Kier molecular flexibility index (Phi) is 3.20. The van der Waals surface area contributed by atoms with Crippen molar-refractivity contribution >= 4 is 35.0 Å². The molecule has 16 heavy (non-hydrogen) atoms. The van der Waals surface area contributed by atoms with Crippen LogP contribution in [0.4, 0.5) is 0 Å². The van der Waals surface area contributed by atoms with Crippen molar-refractivity contribution in [1.29, 1.82) is 0 Å². The van der Waals surface area contributed by atoms with Gasteiger partial charge in [0.15, 0.2) is 0 Å². The molecular formula is C10H10NO3S2-. The number of carbonyl (C=O) groups excluding carboxylic acids is 2. The predicted octanol–water partition coefficient (Wildman–Crippen LogP) is 0.461. The van der Waals surface area contributed by atoms with Crippen LogP contribution in [-0.4, -0.2) is 28.6 Å². The van der Waals surface area contributed by atoms with Gasteiger partial charge in [-0.2, -0.15) is 0 Å². The number of carboxylic acids is 1. The number of thioether (sulfide) groups is 1. The van der Waals surface area contributed by atoms with Crippen molar-refractivity contribution in [3.63, 3.8) is 0 Å². The summed E-state index contributed by atoms with van der Waals surface area (Å²) in [6.45, 7) is 1.39. The molecule has 0 unspecified atom stereocenters. The molecule has 6 heteroatoms. The largest absolute Gasteiger partial charge is 0.548 e. The molecule has 2 heterocycles. The predicted molar refractivity (Wildman–Crippen MR) is 60.8 cm³/mol. The second-order valence-electron chi connectivity index (χ2n) is 3.46. The molecule has 0 aliphatic carbocycles. The van der Waals surface area contributed by atoms with Gasteiger partial charge in [-0.3, -0.25) is 4.79 Å². The quantitative estimate of drug-likeness (QED) is 0.771. The molecule has 1 aliphatic rings. The highest BCUT2D eigenvalue weighted by Crippen LogP contribution is 2.42. The van der Waals surface area contributed by atoms with Gasteiger partial charge in [0, 0.05) is 17.6 Å². The summed E-state index contributed by atoms with van der Waals surface area (Å²) >= 11 is 2.99. The summed E-state index contributed by atoms with van der Waals surface area (Å²) in [6, 6.07) is 3.00. The zero-order valence-corrected chi connectivity index (χ0v) is 10.2. The zero-order chi connectivity index (χ0) is 11.7. The first-order valence-electron chi connectivity index (χ1n) is 4.76. The molecule has 1 aliphatic heterocycles. The fourth-order valence-electron chi connectivity index (χ4n) is 1.72. The molecule has 0 bridgehead atoms. The van der Waals surface area contributed by atoms with E-state index in [1.807, 2.05) is 17.5 Å². The van der Waals surface area contributed by atoms with Gasteiger partial charge >= 0.3 is 0 Å². The maximum atomic E-state index is 11.5. The average Bonchev–Trinajstić information content (AvgIpc) is 2.85. The number of aliphatic carboxylic acids is 1. The number of hydrogen-bond donors (Lipinski definition) is 0. The minimum atomic E-state index is -1.18. The number of amides is 1. The Balaban J connectivity index is 2.28. The Hall–Kier alpha value is -1.01. The van der Waals surface area contributed by atoms with Crippen LogP contribution in [0.3, 0.4) is 0 Å². The summed E-state index contributed by atoms with van der Waals surface area (Å²) in [5.41, 5.74) is 0. The molecular weight excluding hydrogens is 246 g/mol. The molecule has 4 nitrogen and oxygen atoms in total. The molecule has 0 radical (unpaired) electrons. The molecule has 0 aromatic carbocycles. The standard InChI is InChI=1S/C10H11NO3S2/c1-6(12)11-7(10(13)14)5-16-9(11)8-3-2-4-15-8/h2-4,7,9H,5H2,1H3,(H,13,14)/p-1/t7-,9+/m1/s1. The van der Waals surface area contributed by atoms with E-state index < -0.39 is 12.0 Å². The molecule has 0 N–H and O–H groups in total.